The first-order valence-electron chi connectivity index (χ1n) is 8.65. The van der Waals surface area contributed by atoms with Crippen molar-refractivity contribution in [2.45, 2.75) is 26.7 Å². The highest BCUT2D eigenvalue weighted by Crippen LogP contribution is 2.23. The molecule has 1 saturated heterocycles. The van der Waals surface area contributed by atoms with Gasteiger partial charge in [0.1, 0.15) is 0 Å². The summed E-state index contributed by atoms with van der Waals surface area (Å²) in [5, 5.41) is 12.4. The van der Waals surface area contributed by atoms with Crippen molar-refractivity contribution >= 4 is 29.0 Å². The van der Waals surface area contributed by atoms with Crippen LogP contribution < -0.4 is 10.6 Å². The summed E-state index contributed by atoms with van der Waals surface area (Å²) < 4.78 is 0. The number of primary amides is 1. The molecule has 7 nitrogen and oxygen atoms in total. The zero-order chi connectivity index (χ0) is 18.7. The second-order valence-corrected chi connectivity index (χ2v) is 7.25. The normalized spacial score (nSPS) is 14.5. The number of nitrogens with two attached hydrogens (primary N) is 1. The van der Waals surface area contributed by atoms with E-state index in [0.717, 1.165) is 12.0 Å². The molecule has 0 spiro atoms. The molecule has 3 heterocycles. The lowest BCUT2D eigenvalue weighted by atomic mass is 10.1. The zero-order valence-electron chi connectivity index (χ0n) is 15.1. The Labute approximate surface area is 156 Å². The Balaban J connectivity index is 1.63. The van der Waals surface area contributed by atoms with Crippen LogP contribution in [0.15, 0.2) is 16.8 Å². The maximum Gasteiger partial charge on any atom is 0.252 e. The third-order valence-corrected chi connectivity index (χ3v) is 5.55. The molecule has 0 atom stereocenters. The lowest BCUT2D eigenvalue weighted by Crippen LogP contribution is -2.49. The van der Waals surface area contributed by atoms with Crippen molar-refractivity contribution < 1.29 is 9.59 Å². The predicted octanol–water partition coefficient (Wildman–Crippen LogP) is 1.54. The summed E-state index contributed by atoms with van der Waals surface area (Å²) in [5.74, 6) is 0.188. The van der Waals surface area contributed by atoms with Gasteiger partial charge in [-0.05, 0) is 48.2 Å². The molecule has 1 aliphatic heterocycles. The average Bonchev–Trinajstić information content (AvgIpc) is 3.15. The molecule has 0 bridgehead atoms. The number of aryl methyl sites for hydroxylation is 2. The van der Waals surface area contributed by atoms with Gasteiger partial charge in [-0.15, -0.1) is 5.10 Å². The maximum atomic E-state index is 12.4. The molecule has 1 aliphatic rings. The average molecular weight is 373 g/mol. The Hall–Kier alpha value is -2.48. The van der Waals surface area contributed by atoms with Gasteiger partial charge in [0.25, 0.3) is 5.91 Å². The molecule has 2 N–H and O–H groups in total. The number of amides is 2. The number of rotatable bonds is 5. The number of thiophene rings is 1. The van der Waals surface area contributed by atoms with Crippen LogP contribution in [-0.4, -0.2) is 53.1 Å². The smallest absolute Gasteiger partial charge is 0.252 e. The maximum absolute atomic E-state index is 12.4. The molecule has 0 unspecified atom stereocenters. The van der Waals surface area contributed by atoms with Crippen LogP contribution in [0.3, 0.4) is 0 Å². The molecule has 0 radical (unpaired) electrons. The Kier molecular flexibility index (Phi) is 5.51. The standard InChI is InChI=1S/C18H23N5O2S/c1-12-13(2)20-21-18(16(12)17(19)25)23-8-6-22(7-9-23)15(24)4-3-14-5-10-26-11-14/h5,10-11H,3-4,6-9H2,1-2H3,(H2,19,25). The van der Waals surface area contributed by atoms with Gasteiger partial charge in [-0.3, -0.25) is 9.59 Å². The van der Waals surface area contributed by atoms with Crippen LogP contribution in [0.4, 0.5) is 5.82 Å². The number of aromatic nitrogens is 2. The second-order valence-electron chi connectivity index (χ2n) is 6.47. The first-order valence-corrected chi connectivity index (χ1v) is 9.59. The van der Waals surface area contributed by atoms with Crippen molar-refractivity contribution in [1.82, 2.24) is 15.1 Å². The van der Waals surface area contributed by atoms with Crippen molar-refractivity contribution in [1.29, 1.82) is 0 Å². The molecule has 1 fully saturated rings. The molecule has 8 heteroatoms. The van der Waals surface area contributed by atoms with E-state index in [1.165, 1.54) is 5.56 Å². The molecular formula is C18H23N5O2S. The minimum Gasteiger partial charge on any atom is -0.365 e. The van der Waals surface area contributed by atoms with Crippen LogP contribution >= 0.6 is 11.3 Å². The van der Waals surface area contributed by atoms with E-state index in [-0.39, 0.29) is 5.91 Å². The third kappa shape index (κ3) is 3.85. The van der Waals surface area contributed by atoms with E-state index in [9.17, 15) is 9.59 Å². The Bertz CT molecular complexity index is 798. The monoisotopic (exact) mass is 373 g/mol. The predicted molar refractivity (Wildman–Crippen MR) is 101 cm³/mol. The highest BCUT2D eigenvalue weighted by molar-refractivity contribution is 7.07. The van der Waals surface area contributed by atoms with Gasteiger partial charge in [-0.1, -0.05) is 0 Å². The molecule has 2 amide bonds. The van der Waals surface area contributed by atoms with Crippen molar-refractivity contribution in [2.75, 3.05) is 31.1 Å². The summed E-state index contributed by atoms with van der Waals surface area (Å²) in [7, 11) is 0. The summed E-state index contributed by atoms with van der Waals surface area (Å²) in [6, 6.07) is 2.06. The van der Waals surface area contributed by atoms with Crippen molar-refractivity contribution in [3.05, 3.63) is 39.2 Å². The molecule has 138 valence electrons. The van der Waals surface area contributed by atoms with Gasteiger partial charge in [-0.25, -0.2) is 0 Å². The third-order valence-electron chi connectivity index (χ3n) is 4.82. The van der Waals surface area contributed by atoms with Crippen LogP contribution in [0.2, 0.25) is 0 Å². The van der Waals surface area contributed by atoms with E-state index >= 15 is 0 Å². The minimum atomic E-state index is -0.496. The lowest BCUT2D eigenvalue weighted by Gasteiger charge is -2.36. The fraction of sp³-hybridized carbons (Fsp3) is 0.444. The van der Waals surface area contributed by atoms with Crippen LogP contribution in [0.25, 0.3) is 0 Å². The topological polar surface area (TPSA) is 92.4 Å². The highest BCUT2D eigenvalue weighted by atomic mass is 32.1. The summed E-state index contributed by atoms with van der Waals surface area (Å²) in [6.07, 6.45) is 1.30. The number of piperazine rings is 1. The van der Waals surface area contributed by atoms with Crippen molar-refractivity contribution in [2.24, 2.45) is 5.73 Å². The summed E-state index contributed by atoms with van der Waals surface area (Å²) >= 11 is 1.65. The molecular weight excluding hydrogens is 350 g/mol. The molecule has 2 aromatic rings. The van der Waals surface area contributed by atoms with E-state index in [0.29, 0.717) is 49.7 Å². The van der Waals surface area contributed by atoms with Gasteiger partial charge in [0.05, 0.1) is 11.3 Å². The van der Waals surface area contributed by atoms with E-state index < -0.39 is 5.91 Å². The number of anilines is 1. The van der Waals surface area contributed by atoms with Gasteiger partial charge in [0, 0.05) is 32.6 Å². The number of nitrogens with zero attached hydrogens (tertiary/aromatic N) is 4. The van der Waals surface area contributed by atoms with Crippen molar-refractivity contribution in [3.8, 4) is 0 Å². The van der Waals surface area contributed by atoms with E-state index in [2.05, 4.69) is 21.6 Å². The number of carbonyl (C=O) groups is 2. The van der Waals surface area contributed by atoms with Crippen LogP contribution in [0, 0.1) is 13.8 Å². The Morgan fingerprint density at radius 2 is 1.92 bits per heavy atom. The summed E-state index contributed by atoms with van der Waals surface area (Å²) in [5.41, 5.74) is 8.65. The summed E-state index contributed by atoms with van der Waals surface area (Å²) in [6.45, 7) is 6.08. The zero-order valence-corrected chi connectivity index (χ0v) is 15.9. The molecule has 3 rings (SSSR count). The molecule has 0 aromatic carbocycles. The largest absolute Gasteiger partial charge is 0.365 e. The Morgan fingerprint density at radius 1 is 1.19 bits per heavy atom. The van der Waals surface area contributed by atoms with E-state index in [1.54, 1.807) is 11.3 Å². The van der Waals surface area contributed by atoms with Gasteiger partial charge >= 0.3 is 0 Å². The first-order chi connectivity index (χ1) is 12.5. The molecule has 2 aromatic heterocycles. The van der Waals surface area contributed by atoms with E-state index in [4.69, 9.17) is 5.73 Å². The fourth-order valence-corrected chi connectivity index (χ4v) is 3.83. The SMILES string of the molecule is Cc1nnc(N2CCN(C(=O)CCc3ccsc3)CC2)c(C(N)=O)c1C. The molecule has 0 aliphatic carbocycles. The van der Waals surface area contributed by atoms with Gasteiger partial charge in [0.15, 0.2) is 5.82 Å². The van der Waals surface area contributed by atoms with Gasteiger partial charge in [-0.2, -0.15) is 16.4 Å². The van der Waals surface area contributed by atoms with Gasteiger partial charge < -0.3 is 15.5 Å². The van der Waals surface area contributed by atoms with Crippen LogP contribution in [0.1, 0.15) is 33.6 Å². The fourth-order valence-electron chi connectivity index (χ4n) is 3.12. The highest BCUT2D eigenvalue weighted by Gasteiger charge is 2.26. The number of carbonyl (C=O) groups excluding carboxylic acids is 2. The van der Waals surface area contributed by atoms with Crippen LogP contribution in [0.5, 0.6) is 0 Å². The van der Waals surface area contributed by atoms with Crippen LogP contribution in [-0.2, 0) is 11.2 Å². The van der Waals surface area contributed by atoms with Crippen molar-refractivity contribution in [3.63, 3.8) is 0 Å². The first kappa shape index (κ1) is 18.3. The second kappa shape index (κ2) is 7.82. The molecule has 0 saturated carbocycles. The number of hydrogen-bond acceptors (Lipinski definition) is 6. The lowest BCUT2D eigenvalue weighted by molar-refractivity contribution is -0.131. The minimum absolute atomic E-state index is 0.164. The van der Waals surface area contributed by atoms with E-state index in [1.807, 2.05) is 29.0 Å². The Morgan fingerprint density at radius 3 is 2.54 bits per heavy atom. The molecule has 26 heavy (non-hydrogen) atoms. The summed E-state index contributed by atoms with van der Waals surface area (Å²) in [4.78, 5) is 28.2. The number of hydrogen-bond donors (Lipinski definition) is 1. The van der Waals surface area contributed by atoms with Gasteiger partial charge in [0.2, 0.25) is 5.91 Å². The quantitative estimate of drug-likeness (QED) is 0.858.